The van der Waals surface area contributed by atoms with Crippen LogP contribution in [-0.2, 0) is 16.6 Å². The lowest BCUT2D eigenvalue weighted by molar-refractivity contribution is 0.0695. The molecule has 7 heteroatoms. The third kappa shape index (κ3) is 3.90. The largest absolute Gasteiger partial charge is 0.478 e. The van der Waals surface area contributed by atoms with Gasteiger partial charge in [-0.25, -0.2) is 9.18 Å². The SMILES string of the molecule is O=C(O)c1cc(S(=O)Cc2ccc(Cl)cc2F)ccc1Br. The fraction of sp³-hybridized carbons (Fsp3) is 0.0714. The summed E-state index contributed by atoms with van der Waals surface area (Å²) in [6.45, 7) is 0. The number of hydrogen-bond acceptors (Lipinski definition) is 2. The van der Waals surface area contributed by atoms with Gasteiger partial charge < -0.3 is 5.11 Å². The number of carboxylic acid groups (broad SMARTS) is 1. The highest BCUT2D eigenvalue weighted by Crippen LogP contribution is 2.23. The average Bonchev–Trinajstić information content (AvgIpc) is 2.42. The van der Waals surface area contributed by atoms with Crippen molar-refractivity contribution in [2.24, 2.45) is 0 Å². The Morgan fingerprint density at radius 2 is 2.00 bits per heavy atom. The Hall–Kier alpha value is -1.24. The Bertz CT molecular complexity index is 736. The Morgan fingerprint density at radius 1 is 1.29 bits per heavy atom. The van der Waals surface area contributed by atoms with E-state index in [-0.39, 0.29) is 21.9 Å². The smallest absolute Gasteiger partial charge is 0.336 e. The second-order valence-corrected chi connectivity index (χ2v) is 6.91. The third-order valence-electron chi connectivity index (χ3n) is 2.73. The van der Waals surface area contributed by atoms with Crippen LogP contribution in [0.3, 0.4) is 0 Å². The van der Waals surface area contributed by atoms with Crippen LogP contribution in [0.15, 0.2) is 45.8 Å². The van der Waals surface area contributed by atoms with E-state index in [1.165, 1.54) is 24.3 Å². The van der Waals surface area contributed by atoms with Crippen molar-refractivity contribution in [3.05, 3.63) is 62.8 Å². The topological polar surface area (TPSA) is 54.4 Å². The highest BCUT2D eigenvalue weighted by Gasteiger charge is 2.14. The van der Waals surface area contributed by atoms with Crippen molar-refractivity contribution in [2.75, 3.05) is 0 Å². The summed E-state index contributed by atoms with van der Waals surface area (Å²) in [5.74, 6) is -1.71. The van der Waals surface area contributed by atoms with E-state index in [0.29, 0.717) is 9.37 Å². The van der Waals surface area contributed by atoms with Gasteiger partial charge in [-0.1, -0.05) is 17.7 Å². The van der Waals surface area contributed by atoms with Crippen LogP contribution < -0.4 is 0 Å². The van der Waals surface area contributed by atoms with E-state index in [1.807, 2.05) is 0 Å². The molecule has 1 unspecified atom stereocenters. The molecule has 1 N–H and O–H groups in total. The Kier molecular flexibility index (Phi) is 5.13. The number of benzene rings is 2. The van der Waals surface area contributed by atoms with E-state index in [9.17, 15) is 13.4 Å². The van der Waals surface area contributed by atoms with Crippen molar-refractivity contribution >= 4 is 44.3 Å². The van der Waals surface area contributed by atoms with Gasteiger partial charge in [-0.15, -0.1) is 0 Å². The van der Waals surface area contributed by atoms with Crippen LogP contribution >= 0.6 is 27.5 Å². The molecule has 0 aliphatic rings. The van der Waals surface area contributed by atoms with Crippen molar-refractivity contribution in [1.29, 1.82) is 0 Å². The molecule has 0 radical (unpaired) electrons. The predicted octanol–water partition coefficient (Wildman–Crippen LogP) is 4.25. The van der Waals surface area contributed by atoms with Crippen molar-refractivity contribution < 1.29 is 18.5 Å². The van der Waals surface area contributed by atoms with Gasteiger partial charge in [0.1, 0.15) is 5.82 Å². The van der Waals surface area contributed by atoms with Crippen molar-refractivity contribution in [3.63, 3.8) is 0 Å². The Morgan fingerprint density at radius 3 is 2.62 bits per heavy atom. The summed E-state index contributed by atoms with van der Waals surface area (Å²) in [5, 5.41) is 9.30. The number of rotatable bonds is 4. The molecule has 0 heterocycles. The average molecular weight is 392 g/mol. The van der Waals surface area contributed by atoms with Gasteiger partial charge in [-0.05, 0) is 46.3 Å². The molecular weight excluding hydrogens is 383 g/mol. The summed E-state index contributed by atoms with van der Waals surface area (Å²) in [7, 11) is -1.55. The highest BCUT2D eigenvalue weighted by atomic mass is 79.9. The number of carbonyl (C=O) groups is 1. The summed E-state index contributed by atoms with van der Waals surface area (Å²) in [6, 6.07) is 8.50. The van der Waals surface area contributed by atoms with Gasteiger partial charge in [0, 0.05) is 20.0 Å². The maximum atomic E-state index is 13.7. The van der Waals surface area contributed by atoms with Crippen molar-refractivity contribution in [2.45, 2.75) is 10.6 Å². The minimum absolute atomic E-state index is 0.0115. The molecule has 2 rings (SSSR count). The molecule has 0 aliphatic carbocycles. The van der Waals surface area contributed by atoms with Gasteiger partial charge in [-0.2, -0.15) is 0 Å². The summed E-state index contributed by atoms with van der Waals surface area (Å²) in [5.41, 5.74) is 0.273. The molecule has 0 aliphatic heterocycles. The van der Waals surface area contributed by atoms with Gasteiger partial charge in [-0.3, -0.25) is 4.21 Å². The van der Waals surface area contributed by atoms with Crippen LogP contribution in [0.1, 0.15) is 15.9 Å². The van der Waals surface area contributed by atoms with E-state index >= 15 is 0 Å². The van der Waals surface area contributed by atoms with Crippen LogP contribution in [0, 0.1) is 5.82 Å². The van der Waals surface area contributed by atoms with Crippen LogP contribution in [0.25, 0.3) is 0 Å². The molecule has 21 heavy (non-hydrogen) atoms. The first-order valence-corrected chi connectivity index (χ1v) is 8.22. The lowest BCUT2D eigenvalue weighted by Gasteiger charge is -2.06. The van der Waals surface area contributed by atoms with Gasteiger partial charge >= 0.3 is 5.97 Å². The zero-order chi connectivity index (χ0) is 15.6. The molecular formula is C14H9BrClFO3S. The normalized spacial score (nSPS) is 12.1. The first kappa shape index (κ1) is 16.1. The molecule has 0 fully saturated rings. The fourth-order valence-electron chi connectivity index (χ4n) is 1.67. The maximum Gasteiger partial charge on any atom is 0.336 e. The Balaban J connectivity index is 2.28. The summed E-state index contributed by atoms with van der Waals surface area (Å²) in [6.07, 6.45) is 0. The fourth-order valence-corrected chi connectivity index (χ4v) is 3.40. The zero-order valence-corrected chi connectivity index (χ0v) is 13.6. The standard InChI is InChI=1S/C14H9BrClFO3S/c15-12-4-3-10(6-11(12)14(18)19)21(20)7-8-1-2-9(16)5-13(8)17/h1-6H,7H2,(H,18,19). The number of halogens is 3. The van der Waals surface area contributed by atoms with E-state index in [0.717, 1.165) is 6.07 Å². The minimum atomic E-state index is -1.55. The minimum Gasteiger partial charge on any atom is -0.478 e. The van der Waals surface area contributed by atoms with Gasteiger partial charge in [0.05, 0.1) is 22.1 Å². The lowest BCUT2D eigenvalue weighted by atomic mass is 10.2. The molecule has 2 aromatic carbocycles. The zero-order valence-electron chi connectivity index (χ0n) is 10.5. The first-order valence-electron chi connectivity index (χ1n) is 5.73. The molecule has 0 amide bonds. The molecule has 0 saturated heterocycles. The summed E-state index contributed by atoms with van der Waals surface area (Å²) >= 11 is 8.77. The first-order chi connectivity index (χ1) is 9.88. The molecule has 0 aromatic heterocycles. The number of carboxylic acids is 1. The summed E-state index contributed by atoms with van der Waals surface area (Å²) in [4.78, 5) is 11.4. The maximum absolute atomic E-state index is 13.7. The quantitative estimate of drug-likeness (QED) is 0.848. The molecule has 0 saturated carbocycles. The Labute approximate surface area is 136 Å². The summed E-state index contributed by atoms with van der Waals surface area (Å²) < 4.78 is 26.3. The van der Waals surface area contributed by atoms with Crippen molar-refractivity contribution in [1.82, 2.24) is 0 Å². The van der Waals surface area contributed by atoms with E-state index in [2.05, 4.69) is 15.9 Å². The van der Waals surface area contributed by atoms with E-state index < -0.39 is 22.6 Å². The van der Waals surface area contributed by atoms with Gasteiger partial charge in [0.25, 0.3) is 0 Å². The number of hydrogen-bond donors (Lipinski definition) is 1. The lowest BCUT2D eigenvalue weighted by Crippen LogP contribution is -2.03. The van der Waals surface area contributed by atoms with Crippen LogP contribution in [-0.4, -0.2) is 15.3 Å². The van der Waals surface area contributed by atoms with E-state index in [1.54, 1.807) is 6.07 Å². The second kappa shape index (κ2) is 6.68. The predicted molar refractivity (Wildman–Crippen MR) is 82.6 cm³/mol. The van der Waals surface area contributed by atoms with Gasteiger partial charge in [0.2, 0.25) is 0 Å². The van der Waals surface area contributed by atoms with Crippen LogP contribution in [0.5, 0.6) is 0 Å². The molecule has 0 spiro atoms. The monoisotopic (exact) mass is 390 g/mol. The van der Waals surface area contributed by atoms with Gasteiger partial charge in [0.15, 0.2) is 0 Å². The molecule has 2 aromatic rings. The van der Waals surface area contributed by atoms with Crippen LogP contribution in [0.2, 0.25) is 5.02 Å². The highest BCUT2D eigenvalue weighted by molar-refractivity contribution is 9.10. The molecule has 1 atom stereocenters. The molecule has 110 valence electrons. The second-order valence-electron chi connectivity index (χ2n) is 4.17. The molecule has 0 bridgehead atoms. The van der Waals surface area contributed by atoms with Crippen LogP contribution in [0.4, 0.5) is 4.39 Å². The van der Waals surface area contributed by atoms with E-state index in [4.69, 9.17) is 16.7 Å². The molecule has 3 nitrogen and oxygen atoms in total. The third-order valence-corrected chi connectivity index (χ3v) is 5.01. The van der Waals surface area contributed by atoms with Crippen molar-refractivity contribution in [3.8, 4) is 0 Å². The number of aromatic carboxylic acids is 1.